The Morgan fingerprint density at radius 2 is 1.88 bits per heavy atom. The molecule has 0 radical (unpaired) electrons. The molecule has 24 heavy (non-hydrogen) atoms. The SMILES string of the molecule is NC=O.O=C(O)C(=O)O.c1ccc(CONC2CCCNC2)cc1. The number of hydrogen-bond donors (Lipinski definition) is 5. The lowest BCUT2D eigenvalue weighted by Crippen LogP contribution is -2.42. The van der Waals surface area contributed by atoms with E-state index < -0.39 is 11.9 Å². The number of nitrogens with two attached hydrogens (primary N) is 1. The maximum absolute atomic E-state index is 9.10. The largest absolute Gasteiger partial charge is 0.473 e. The molecule has 0 spiro atoms. The monoisotopic (exact) mass is 341 g/mol. The van der Waals surface area contributed by atoms with Crippen molar-refractivity contribution in [2.45, 2.75) is 25.5 Å². The second kappa shape index (κ2) is 14.1. The normalized spacial score (nSPS) is 15.8. The first-order chi connectivity index (χ1) is 11.5. The van der Waals surface area contributed by atoms with Crippen molar-refractivity contribution >= 4 is 18.3 Å². The molecule has 1 aliphatic rings. The van der Waals surface area contributed by atoms with Crippen LogP contribution in [0.3, 0.4) is 0 Å². The molecular weight excluding hydrogens is 318 g/mol. The van der Waals surface area contributed by atoms with Gasteiger partial charge in [-0.1, -0.05) is 30.3 Å². The molecule has 1 aromatic carbocycles. The second-order valence-corrected chi connectivity index (χ2v) is 4.68. The fourth-order valence-electron chi connectivity index (χ4n) is 1.77. The van der Waals surface area contributed by atoms with E-state index in [4.69, 9.17) is 29.4 Å². The van der Waals surface area contributed by atoms with E-state index in [9.17, 15) is 0 Å². The van der Waals surface area contributed by atoms with Gasteiger partial charge in [0.2, 0.25) is 6.41 Å². The number of carbonyl (C=O) groups excluding carboxylic acids is 1. The van der Waals surface area contributed by atoms with Crippen LogP contribution >= 0.6 is 0 Å². The summed E-state index contributed by atoms with van der Waals surface area (Å²) in [4.78, 5) is 32.3. The predicted octanol–water partition coefficient (Wildman–Crippen LogP) is -0.283. The molecule has 6 N–H and O–H groups in total. The molecule has 0 saturated carbocycles. The summed E-state index contributed by atoms with van der Waals surface area (Å²) in [5.74, 6) is -3.65. The number of primary amides is 1. The van der Waals surface area contributed by atoms with E-state index >= 15 is 0 Å². The van der Waals surface area contributed by atoms with Gasteiger partial charge in [0, 0.05) is 12.6 Å². The van der Waals surface area contributed by atoms with Crippen molar-refractivity contribution in [3.05, 3.63) is 35.9 Å². The summed E-state index contributed by atoms with van der Waals surface area (Å²) in [6.07, 6.45) is 2.67. The third kappa shape index (κ3) is 12.1. The van der Waals surface area contributed by atoms with Gasteiger partial charge in [-0.15, -0.1) is 0 Å². The lowest BCUT2D eigenvalue weighted by molar-refractivity contribution is -0.159. The van der Waals surface area contributed by atoms with Gasteiger partial charge < -0.3 is 21.3 Å². The fourth-order valence-corrected chi connectivity index (χ4v) is 1.77. The molecule has 9 heteroatoms. The van der Waals surface area contributed by atoms with Gasteiger partial charge >= 0.3 is 11.9 Å². The highest BCUT2D eigenvalue weighted by molar-refractivity contribution is 6.27. The molecule has 0 bridgehead atoms. The number of carboxylic acids is 2. The summed E-state index contributed by atoms with van der Waals surface area (Å²) < 4.78 is 0. The zero-order valence-corrected chi connectivity index (χ0v) is 13.2. The minimum atomic E-state index is -1.82. The Bertz CT molecular complexity index is 465. The number of hydrogen-bond acceptors (Lipinski definition) is 6. The van der Waals surface area contributed by atoms with Crippen LogP contribution in [0.2, 0.25) is 0 Å². The number of piperidine rings is 1. The van der Waals surface area contributed by atoms with Crippen molar-refractivity contribution in [2.24, 2.45) is 5.73 Å². The summed E-state index contributed by atoms with van der Waals surface area (Å²) in [5, 5.41) is 18.1. The van der Waals surface area contributed by atoms with Crippen LogP contribution in [0.15, 0.2) is 30.3 Å². The van der Waals surface area contributed by atoms with Crippen molar-refractivity contribution in [3.63, 3.8) is 0 Å². The van der Waals surface area contributed by atoms with Gasteiger partial charge in [0.05, 0.1) is 6.61 Å². The summed E-state index contributed by atoms with van der Waals surface area (Å²) >= 11 is 0. The van der Waals surface area contributed by atoms with Crippen molar-refractivity contribution in [3.8, 4) is 0 Å². The summed E-state index contributed by atoms with van der Waals surface area (Å²) in [7, 11) is 0. The predicted molar refractivity (Wildman–Crippen MR) is 85.8 cm³/mol. The fraction of sp³-hybridized carbons (Fsp3) is 0.400. The van der Waals surface area contributed by atoms with Crippen LogP contribution in [0.1, 0.15) is 18.4 Å². The van der Waals surface area contributed by atoms with E-state index in [0.717, 1.165) is 13.1 Å². The zero-order chi connectivity index (χ0) is 18.2. The van der Waals surface area contributed by atoms with E-state index in [1.54, 1.807) is 0 Å². The van der Waals surface area contributed by atoms with Crippen LogP contribution in [0.5, 0.6) is 0 Å². The number of hydroxylamine groups is 1. The third-order valence-electron chi connectivity index (χ3n) is 2.81. The number of amides is 1. The highest BCUT2D eigenvalue weighted by Gasteiger charge is 2.11. The third-order valence-corrected chi connectivity index (χ3v) is 2.81. The molecule has 1 heterocycles. The van der Waals surface area contributed by atoms with E-state index in [2.05, 4.69) is 28.7 Å². The molecule has 1 aliphatic heterocycles. The van der Waals surface area contributed by atoms with Crippen molar-refractivity contribution < 1.29 is 29.4 Å². The maximum atomic E-state index is 9.10. The number of aliphatic carboxylic acids is 2. The Labute approximate surface area is 139 Å². The maximum Gasteiger partial charge on any atom is 0.414 e. The van der Waals surface area contributed by atoms with Crippen LogP contribution in [0.25, 0.3) is 0 Å². The quantitative estimate of drug-likeness (QED) is 0.285. The van der Waals surface area contributed by atoms with E-state index in [-0.39, 0.29) is 6.41 Å². The van der Waals surface area contributed by atoms with E-state index in [1.807, 2.05) is 18.2 Å². The van der Waals surface area contributed by atoms with Gasteiger partial charge in [0.25, 0.3) is 0 Å². The van der Waals surface area contributed by atoms with Gasteiger partial charge in [0.1, 0.15) is 0 Å². The summed E-state index contributed by atoms with van der Waals surface area (Å²) in [5.41, 5.74) is 8.48. The lowest BCUT2D eigenvalue weighted by atomic mass is 10.1. The first-order valence-corrected chi connectivity index (χ1v) is 7.24. The Hall–Kier alpha value is -2.49. The van der Waals surface area contributed by atoms with Gasteiger partial charge in [0.15, 0.2) is 0 Å². The minimum absolute atomic E-state index is 0.250. The minimum Gasteiger partial charge on any atom is -0.473 e. The average molecular weight is 341 g/mol. The molecule has 0 aromatic heterocycles. The molecular formula is C15H23N3O6. The molecule has 0 aliphatic carbocycles. The Kier molecular flexibility index (Phi) is 12.7. The molecule has 1 atom stereocenters. The number of rotatable bonds is 4. The molecule has 1 fully saturated rings. The van der Waals surface area contributed by atoms with Crippen molar-refractivity contribution in [1.29, 1.82) is 0 Å². The highest BCUT2D eigenvalue weighted by Crippen LogP contribution is 2.03. The van der Waals surface area contributed by atoms with E-state index in [0.29, 0.717) is 12.6 Å². The van der Waals surface area contributed by atoms with Crippen LogP contribution < -0.4 is 16.5 Å². The van der Waals surface area contributed by atoms with Gasteiger partial charge in [-0.05, 0) is 24.9 Å². The molecule has 1 aromatic rings. The second-order valence-electron chi connectivity index (χ2n) is 4.68. The molecule has 1 saturated heterocycles. The smallest absolute Gasteiger partial charge is 0.414 e. The molecule has 9 nitrogen and oxygen atoms in total. The topological polar surface area (TPSA) is 151 Å². The first kappa shape index (κ1) is 21.5. The highest BCUT2D eigenvalue weighted by atomic mass is 16.6. The number of carboxylic acid groups (broad SMARTS) is 2. The summed E-state index contributed by atoms with van der Waals surface area (Å²) in [6, 6.07) is 10.7. The number of carbonyl (C=O) groups is 3. The standard InChI is InChI=1S/C12H18N2O.C2H2O4.CH3NO/c1-2-5-11(6-3-1)10-15-14-12-7-4-8-13-9-12;3-1(4)2(5)6;2-1-3/h1-3,5-6,12-14H,4,7-10H2;(H,3,4)(H,5,6);1H,(H2,2,3). The average Bonchev–Trinajstić information content (AvgIpc) is 2.58. The molecule has 1 unspecified atom stereocenters. The van der Waals surface area contributed by atoms with Crippen LogP contribution in [-0.4, -0.2) is 47.7 Å². The number of nitrogens with one attached hydrogen (secondary N) is 2. The van der Waals surface area contributed by atoms with Crippen molar-refractivity contribution in [2.75, 3.05) is 13.1 Å². The first-order valence-electron chi connectivity index (χ1n) is 7.24. The molecule has 1 amide bonds. The Morgan fingerprint density at radius 3 is 2.33 bits per heavy atom. The van der Waals surface area contributed by atoms with Crippen molar-refractivity contribution in [1.82, 2.24) is 10.8 Å². The van der Waals surface area contributed by atoms with Crippen LogP contribution in [0, 0.1) is 0 Å². The van der Waals surface area contributed by atoms with Crippen LogP contribution in [0.4, 0.5) is 0 Å². The van der Waals surface area contributed by atoms with Gasteiger partial charge in [-0.25, -0.2) is 9.59 Å². The van der Waals surface area contributed by atoms with Crippen LogP contribution in [-0.2, 0) is 25.8 Å². The molecule has 2 rings (SSSR count). The number of benzene rings is 1. The Balaban J connectivity index is 0.000000495. The van der Waals surface area contributed by atoms with Gasteiger partial charge in [-0.3, -0.25) is 9.63 Å². The molecule has 134 valence electrons. The Morgan fingerprint density at radius 1 is 1.29 bits per heavy atom. The summed E-state index contributed by atoms with van der Waals surface area (Å²) in [6.45, 7) is 2.78. The van der Waals surface area contributed by atoms with E-state index in [1.165, 1.54) is 18.4 Å². The lowest BCUT2D eigenvalue weighted by Gasteiger charge is -2.23. The zero-order valence-electron chi connectivity index (χ0n) is 13.2. The van der Waals surface area contributed by atoms with Gasteiger partial charge in [-0.2, -0.15) is 5.48 Å².